The molecule has 0 aliphatic heterocycles. The summed E-state index contributed by atoms with van der Waals surface area (Å²) in [6.07, 6.45) is 0.332. The van der Waals surface area contributed by atoms with Crippen LogP contribution in [0.2, 0.25) is 5.02 Å². The van der Waals surface area contributed by atoms with Gasteiger partial charge < -0.3 is 10.0 Å². The van der Waals surface area contributed by atoms with Gasteiger partial charge in [-0.3, -0.25) is 9.59 Å². The number of nitrogens with zero attached hydrogens (tertiary/aromatic N) is 1. The van der Waals surface area contributed by atoms with Gasteiger partial charge in [0, 0.05) is 37.0 Å². The maximum atomic E-state index is 13.5. The van der Waals surface area contributed by atoms with Crippen molar-refractivity contribution in [1.82, 2.24) is 4.90 Å². The molecule has 1 amide bonds. The van der Waals surface area contributed by atoms with Gasteiger partial charge in [-0.25, -0.2) is 4.39 Å². The molecule has 0 unspecified atom stereocenters. The third-order valence-electron chi connectivity index (χ3n) is 2.66. The fourth-order valence-corrected chi connectivity index (χ4v) is 1.81. The van der Waals surface area contributed by atoms with E-state index in [4.69, 9.17) is 16.7 Å². The second-order valence-corrected chi connectivity index (χ2v) is 4.60. The SMILES string of the molecule is CN(Cc1c(F)cccc1Cl)C(=O)CCCC(=O)O. The molecule has 4 nitrogen and oxygen atoms in total. The van der Waals surface area contributed by atoms with Crippen LogP contribution in [0.3, 0.4) is 0 Å². The van der Waals surface area contributed by atoms with Crippen LogP contribution in [0.4, 0.5) is 4.39 Å². The predicted octanol–water partition coefficient (Wildman–Crippen LogP) is 2.69. The van der Waals surface area contributed by atoms with E-state index in [9.17, 15) is 14.0 Å². The Hall–Kier alpha value is -1.62. The summed E-state index contributed by atoms with van der Waals surface area (Å²) < 4.78 is 13.5. The summed E-state index contributed by atoms with van der Waals surface area (Å²) in [7, 11) is 1.53. The lowest BCUT2D eigenvalue weighted by atomic mass is 10.1. The van der Waals surface area contributed by atoms with Crippen LogP contribution < -0.4 is 0 Å². The Labute approximate surface area is 115 Å². The Morgan fingerprint density at radius 2 is 2.05 bits per heavy atom. The molecular formula is C13H15ClFNO3. The van der Waals surface area contributed by atoms with E-state index >= 15 is 0 Å². The average Bonchev–Trinajstić information content (AvgIpc) is 2.33. The summed E-state index contributed by atoms with van der Waals surface area (Å²) in [5.74, 6) is -1.63. The summed E-state index contributed by atoms with van der Waals surface area (Å²) >= 11 is 5.87. The van der Waals surface area contributed by atoms with Gasteiger partial charge in [-0.15, -0.1) is 0 Å². The number of halogens is 2. The zero-order valence-corrected chi connectivity index (χ0v) is 11.3. The molecule has 104 valence electrons. The molecule has 1 N–H and O–H groups in total. The predicted molar refractivity (Wildman–Crippen MR) is 69.4 cm³/mol. The molecule has 0 bridgehead atoms. The molecule has 6 heteroatoms. The van der Waals surface area contributed by atoms with Gasteiger partial charge in [0.25, 0.3) is 0 Å². The first-order valence-corrected chi connectivity index (χ1v) is 6.18. The third kappa shape index (κ3) is 4.87. The fourth-order valence-electron chi connectivity index (χ4n) is 1.59. The Kier molecular flexibility index (Phi) is 5.76. The lowest BCUT2D eigenvalue weighted by Crippen LogP contribution is -2.26. The number of rotatable bonds is 6. The van der Waals surface area contributed by atoms with Crippen molar-refractivity contribution in [2.75, 3.05) is 7.05 Å². The Morgan fingerprint density at radius 3 is 2.63 bits per heavy atom. The van der Waals surface area contributed by atoms with Gasteiger partial charge >= 0.3 is 5.97 Å². The highest BCUT2D eigenvalue weighted by atomic mass is 35.5. The molecule has 0 aliphatic carbocycles. The van der Waals surface area contributed by atoms with Crippen LogP contribution in [-0.4, -0.2) is 28.9 Å². The average molecular weight is 288 g/mol. The van der Waals surface area contributed by atoms with Crippen molar-refractivity contribution in [2.45, 2.75) is 25.8 Å². The summed E-state index contributed by atoms with van der Waals surface area (Å²) in [6, 6.07) is 4.34. The molecule has 1 rings (SSSR count). The van der Waals surface area contributed by atoms with Crippen LogP contribution in [0.25, 0.3) is 0 Å². The second kappa shape index (κ2) is 7.09. The van der Waals surface area contributed by atoms with E-state index in [1.165, 1.54) is 24.1 Å². The highest BCUT2D eigenvalue weighted by molar-refractivity contribution is 6.31. The smallest absolute Gasteiger partial charge is 0.303 e. The normalized spacial score (nSPS) is 10.3. The highest BCUT2D eigenvalue weighted by Crippen LogP contribution is 2.20. The molecule has 0 spiro atoms. The number of carbonyl (C=O) groups excluding carboxylic acids is 1. The number of hydrogen-bond acceptors (Lipinski definition) is 2. The van der Waals surface area contributed by atoms with E-state index in [0.29, 0.717) is 0 Å². The molecular weight excluding hydrogens is 273 g/mol. The van der Waals surface area contributed by atoms with Crippen molar-refractivity contribution in [3.8, 4) is 0 Å². The standard InChI is InChI=1S/C13H15ClFNO3/c1-16(12(17)6-3-7-13(18)19)8-9-10(14)4-2-5-11(9)15/h2,4-5H,3,6-8H2,1H3,(H,18,19). The topological polar surface area (TPSA) is 57.6 Å². The van der Waals surface area contributed by atoms with Crippen LogP contribution in [-0.2, 0) is 16.1 Å². The first-order valence-electron chi connectivity index (χ1n) is 5.80. The second-order valence-electron chi connectivity index (χ2n) is 4.20. The maximum Gasteiger partial charge on any atom is 0.303 e. The van der Waals surface area contributed by atoms with E-state index < -0.39 is 11.8 Å². The number of carbonyl (C=O) groups is 2. The van der Waals surface area contributed by atoms with Crippen molar-refractivity contribution >= 4 is 23.5 Å². The van der Waals surface area contributed by atoms with Gasteiger partial charge in [-0.05, 0) is 18.6 Å². The van der Waals surface area contributed by atoms with Crippen LogP contribution in [0.1, 0.15) is 24.8 Å². The highest BCUT2D eigenvalue weighted by Gasteiger charge is 2.14. The van der Waals surface area contributed by atoms with Crippen LogP contribution in [0.15, 0.2) is 18.2 Å². The van der Waals surface area contributed by atoms with E-state index in [0.717, 1.165) is 0 Å². The van der Waals surface area contributed by atoms with Gasteiger partial charge in [0.1, 0.15) is 5.82 Å². The van der Waals surface area contributed by atoms with Crippen molar-refractivity contribution in [3.63, 3.8) is 0 Å². The number of benzene rings is 1. The molecule has 0 aliphatic rings. The molecule has 1 aromatic carbocycles. The Balaban J connectivity index is 2.56. The minimum absolute atomic E-state index is 0.0555. The van der Waals surface area contributed by atoms with Crippen molar-refractivity contribution in [3.05, 3.63) is 34.6 Å². The zero-order valence-electron chi connectivity index (χ0n) is 10.5. The summed E-state index contributed by atoms with van der Waals surface area (Å²) in [6.45, 7) is 0.0669. The lowest BCUT2D eigenvalue weighted by Gasteiger charge is -2.18. The van der Waals surface area contributed by atoms with Crippen molar-refractivity contribution in [1.29, 1.82) is 0 Å². The first kappa shape index (κ1) is 15.4. The Bertz CT molecular complexity index is 459. The van der Waals surface area contributed by atoms with E-state index in [1.54, 1.807) is 6.07 Å². The minimum atomic E-state index is -0.937. The number of aliphatic carboxylic acids is 1. The molecule has 0 saturated heterocycles. The number of carboxylic acid groups (broad SMARTS) is 1. The summed E-state index contributed by atoms with van der Waals surface area (Å²) in [5, 5.41) is 8.75. The van der Waals surface area contributed by atoms with Gasteiger partial charge in [0.15, 0.2) is 0 Å². The zero-order chi connectivity index (χ0) is 14.4. The molecule has 0 atom stereocenters. The Morgan fingerprint density at radius 1 is 1.37 bits per heavy atom. The minimum Gasteiger partial charge on any atom is -0.481 e. The largest absolute Gasteiger partial charge is 0.481 e. The van der Waals surface area contributed by atoms with E-state index in [-0.39, 0.29) is 42.3 Å². The van der Waals surface area contributed by atoms with Gasteiger partial charge in [-0.1, -0.05) is 17.7 Å². The van der Waals surface area contributed by atoms with E-state index in [2.05, 4.69) is 0 Å². The molecule has 1 aromatic rings. The van der Waals surface area contributed by atoms with Gasteiger partial charge in [0.2, 0.25) is 5.91 Å². The van der Waals surface area contributed by atoms with Gasteiger partial charge in [0.05, 0.1) is 0 Å². The van der Waals surface area contributed by atoms with Crippen LogP contribution in [0.5, 0.6) is 0 Å². The molecule has 0 saturated carbocycles. The number of carboxylic acids is 1. The van der Waals surface area contributed by atoms with Gasteiger partial charge in [-0.2, -0.15) is 0 Å². The van der Waals surface area contributed by atoms with Crippen LogP contribution >= 0.6 is 11.6 Å². The monoisotopic (exact) mass is 287 g/mol. The number of hydrogen-bond donors (Lipinski definition) is 1. The van der Waals surface area contributed by atoms with E-state index in [1.807, 2.05) is 0 Å². The summed E-state index contributed by atoms with van der Waals surface area (Å²) in [5.41, 5.74) is 0.262. The maximum absolute atomic E-state index is 13.5. The van der Waals surface area contributed by atoms with Crippen LogP contribution in [0, 0.1) is 5.82 Å². The molecule has 0 fully saturated rings. The molecule has 0 heterocycles. The molecule has 19 heavy (non-hydrogen) atoms. The lowest BCUT2D eigenvalue weighted by molar-refractivity contribution is -0.137. The third-order valence-corrected chi connectivity index (χ3v) is 3.02. The molecule has 0 aromatic heterocycles. The van der Waals surface area contributed by atoms with Crippen molar-refractivity contribution < 1.29 is 19.1 Å². The summed E-state index contributed by atoms with van der Waals surface area (Å²) in [4.78, 5) is 23.4. The fraction of sp³-hybridized carbons (Fsp3) is 0.385. The quantitative estimate of drug-likeness (QED) is 0.875. The first-order chi connectivity index (χ1) is 8.91. The number of amides is 1. The molecule has 0 radical (unpaired) electrons. The van der Waals surface area contributed by atoms with Crippen molar-refractivity contribution in [2.24, 2.45) is 0 Å².